The van der Waals surface area contributed by atoms with Crippen LogP contribution in [0.25, 0.3) is 11.0 Å². The van der Waals surface area contributed by atoms with Gasteiger partial charge in [-0.1, -0.05) is 5.75 Å². The van der Waals surface area contributed by atoms with Crippen LogP contribution >= 0.6 is 0 Å². The summed E-state index contributed by atoms with van der Waals surface area (Å²) in [4.78, 5) is 11.4. The van der Waals surface area contributed by atoms with E-state index in [0.717, 1.165) is 6.07 Å². The maximum absolute atomic E-state index is 11.4. The second kappa shape index (κ2) is 2.77. The fourth-order valence-corrected chi connectivity index (χ4v) is 1.36. The molecule has 0 amide bonds. The number of fused-ring (bicyclic) bond motifs is 1. The van der Waals surface area contributed by atoms with Crippen molar-refractivity contribution >= 4 is 11.0 Å². The van der Waals surface area contributed by atoms with E-state index in [1.165, 1.54) is 12.1 Å². The molecule has 14 heavy (non-hydrogen) atoms. The summed E-state index contributed by atoms with van der Waals surface area (Å²) in [5.74, 6) is -0.308. The van der Waals surface area contributed by atoms with Crippen LogP contribution < -0.4 is 10.5 Å². The normalized spacial score (nSPS) is 10.6. The Labute approximate surface area is 79.0 Å². The molecule has 1 aromatic heterocycles. The molecule has 0 aliphatic carbocycles. The molecule has 0 unspecified atom stereocenters. The molecular formula is C10H7O4-. The summed E-state index contributed by atoms with van der Waals surface area (Å²) in [6.07, 6.45) is 0. The quantitative estimate of drug-likeness (QED) is 0.670. The predicted octanol–water partition coefficient (Wildman–Crippen LogP) is 0.881. The average Bonchev–Trinajstić information content (AvgIpc) is 1.99. The molecule has 0 atom stereocenters. The molecule has 0 bridgehead atoms. The molecule has 0 aliphatic heterocycles. The van der Waals surface area contributed by atoms with Crippen LogP contribution in [0.4, 0.5) is 0 Å². The largest absolute Gasteiger partial charge is 0.872 e. The van der Waals surface area contributed by atoms with Crippen molar-refractivity contribution in [2.45, 2.75) is 6.92 Å². The zero-order valence-electron chi connectivity index (χ0n) is 7.40. The van der Waals surface area contributed by atoms with Gasteiger partial charge in [-0.05, 0) is 13.0 Å². The van der Waals surface area contributed by atoms with Crippen LogP contribution in [0.1, 0.15) is 5.76 Å². The van der Waals surface area contributed by atoms with E-state index in [0.29, 0.717) is 5.76 Å². The van der Waals surface area contributed by atoms with E-state index in [9.17, 15) is 9.90 Å². The van der Waals surface area contributed by atoms with Crippen LogP contribution in [0.2, 0.25) is 0 Å². The standard InChI is InChI=1S/C10H8O4/c1-5-2-7(12)10-8(13)3-6(11)4-9(10)14-5/h2-4,11,13H,1H3/p-1. The van der Waals surface area contributed by atoms with Crippen LogP contribution in [-0.2, 0) is 0 Å². The van der Waals surface area contributed by atoms with Crippen molar-refractivity contribution in [3.05, 3.63) is 34.2 Å². The molecule has 4 nitrogen and oxygen atoms in total. The number of hydrogen-bond acceptors (Lipinski definition) is 4. The Balaban J connectivity index is 3.02. The van der Waals surface area contributed by atoms with Crippen molar-refractivity contribution in [2.24, 2.45) is 0 Å². The molecule has 1 heterocycles. The summed E-state index contributed by atoms with van der Waals surface area (Å²) < 4.78 is 5.14. The Morgan fingerprint density at radius 3 is 2.79 bits per heavy atom. The molecule has 4 heteroatoms. The van der Waals surface area contributed by atoms with Gasteiger partial charge in [0.05, 0.1) is 5.39 Å². The van der Waals surface area contributed by atoms with E-state index >= 15 is 0 Å². The Morgan fingerprint density at radius 2 is 2.07 bits per heavy atom. The van der Waals surface area contributed by atoms with Crippen LogP contribution in [0.3, 0.4) is 0 Å². The van der Waals surface area contributed by atoms with Gasteiger partial charge >= 0.3 is 0 Å². The highest BCUT2D eigenvalue weighted by Gasteiger charge is 2.04. The first-order valence-corrected chi connectivity index (χ1v) is 4.02. The monoisotopic (exact) mass is 191 g/mol. The van der Waals surface area contributed by atoms with Gasteiger partial charge in [-0.3, -0.25) is 4.79 Å². The Morgan fingerprint density at radius 1 is 1.36 bits per heavy atom. The second-order valence-corrected chi connectivity index (χ2v) is 3.04. The lowest BCUT2D eigenvalue weighted by atomic mass is 10.2. The van der Waals surface area contributed by atoms with Gasteiger partial charge in [-0.15, -0.1) is 0 Å². The smallest absolute Gasteiger partial charge is 0.192 e. The van der Waals surface area contributed by atoms with E-state index in [-0.39, 0.29) is 22.1 Å². The minimum Gasteiger partial charge on any atom is -0.872 e. The predicted molar refractivity (Wildman–Crippen MR) is 48.3 cm³/mol. The Hall–Kier alpha value is -1.97. The van der Waals surface area contributed by atoms with Crippen molar-refractivity contribution in [1.29, 1.82) is 0 Å². The summed E-state index contributed by atoms with van der Waals surface area (Å²) >= 11 is 0. The number of phenolic OH excluding ortho intramolecular Hbond substituents is 1. The zero-order valence-corrected chi connectivity index (χ0v) is 7.40. The van der Waals surface area contributed by atoms with Crippen molar-refractivity contribution in [1.82, 2.24) is 0 Å². The number of rotatable bonds is 0. The van der Waals surface area contributed by atoms with E-state index in [1.54, 1.807) is 6.92 Å². The minimum atomic E-state index is -0.520. The van der Waals surface area contributed by atoms with E-state index in [2.05, 4.69) is 0 Å². The number of benzene rings is 1. The minimum absolute atomic E-state index is 0.0200. The van der Waals surface area contributed by atoms with E-state index in [1.807, 2.05) is 0 Å². The van der Waals surface area contributed by atoms with Crippen LogP contribution in [0, 0.1) is 6.92 Å². The third kappa shape index (κ3) is 1.21. The molecule has 0 aliphatic rings. The first-order chi connectivity index (χ1) is 6.58. The van der Waals surface area contributed by atoms with Crippen LogP contribution in [-0.4, -0.2) is 5.11 Å². The van der Waals surface area contributed by atoms with Gasteiger partial charge in [0, 0.05) is 12.1 Å². The third-order valence-corrected chi connectivity index (χ3v) is 1.90. The second-order valence-electron chi connectivity index (χ2n) is 3.04. The van der Waals surface area contributed by atoms with Gasteiger partial charge < -0.3 is 14.6 Å². The van der Waals surface area contributed by atoms with Gasteiger partial charge in [-0.25, -0.2) is 0 Å². The highest BCUT2D eigenvalue weighted by molar-refractivity contribution is 5.84. The van der Waals surface area contributed by atoms with Crippen molar-refractivity contribution in [3.63, 3.8) is 0 Å². The molecular weight excluding hydrogens is 184 g/mol. The summed E-state index contributed by atoms with van der Waals surface area (Å²) in [7, 11) is 0. The van der Waals surface area contributed by atoms with E-state index < -0.39 is 5.75 Å². The van der Waals surface area contributed by atoms with Crippen LogP contribution in [0.15, 0.2) is 27.4 Å². The fourth-order valence-electron chi connectivity index (χ4n) is 1.36. The molecule has 0 spiro atoms. The summed E-state index contributed by atoms with van der Waals surface area (Å²) in [6.45, 7) is 1.61. The Kier molecular flexibility index (Phi) is 1.70. The molecule has 0 radical (unpaired) electrons. The van der Waals surface area contributed by atoms with Crippen molar-refractivity contribution < 1.29 is 14.6 Å². The topological polar surface area (TPSA) is 73.5 Å². The lowest BCUT2D eigenvalue weighted by Crippen LogP contribution is -2.04. The average molecular weight is 191 g/mol. The molecule has 0 saturated heterocycles. The van der Waals surface area contributed by atoms with E-state index in [4.69, 9.17) is 9.52 Å². The van der Waals surface area contributed by atoms with Crippen molar-refractivity contribution in [2.75, 3.05) is 0 Å². The lowest BCUT2D eigenvalue weighted by molar-refractivity contribution is -0.266. The van der Waals surface area contributed by atoms with Crippen LogP contribution in [0.5, 0.6) is 11.5 Å². The zero-order chi connectivity index (χ0) is 10.3. The van der Waals surface area contributed by atoms with Gasteiger partial charge in [-0.2, -0.15) is 0 Å². The highest BCUT2D eigenvalue weighted by atomic mass is 16.3. The maximum atomic E-state index is 11.4. The first-order valence-electron chi connectivity index (χ1n) is 4.02. The SMILES string of the molecule is Cc1cc(=O)c2c([O-])cc(O)cc2o1. The van der Waals surface area contributed by atoms with Gasteiger partial charge in [0.25, 0.3) is 0 Å². The molecule has 2 rings (SSSR count). The number of aryl methyl sites for hydroxylation is 1. The lowest BCUT2D eigenvalue weighted by Gasteiger charge is -2.09. The highest BCUT2D eigenvalue weighted by Crippen LogP contribution is 2.25. The molecule has 2 aromatic rings. The molecule has 0 fully saturated rings. The maximum Gasteiger partial charge on any atom is 0.192 e. The molecule has 72 valence electrons. The summed E-state index contributed by atoms with van der Waals surface area (Å²) in [6, 6.07) is 3.50. The molecule has 1 N–H and O–H groups in total. The summed E-state index contributed by atoms with van der Waals surface area (Å²) in [5, 5.41) is 20.4. The summed E-state index contributed by atoms with van der Waals surface area (Å²) in [5.41, 5.74) is -0.256. The molecule has 0 saturated carbocycles. The number of hydrogen-bond donors (Lipinski definition) is 1. The first kappa shape index (κ1) is 8.62. The third-order valence-electron chi connectivity index (χ3n) is 1.90. The molecule has 1 aromatic carbocycles. The van der Waals surface area contributed by atoms with Crippen molar-refractivity contribution in [3.8, 4) is 11.5 Å². The Bertz CT molecular complexity index is 549. The van der Waals surface area contributed by atoms with Gasteiger partial charge in [0.15, 0.2) is 5.43 Å². The number of aromatic hydroxyl groups is 1. The fraction of sp³-hybridized carbons (Fsp3) is 0.100. The van der Waals surface area contributed by atoms with Gasteiger partial charge in [0.1, 0.15) is 17.1 Å². The number of phenols is 1. The van der Waals surface area contributed by atoms with Gasteiger partial charge in [0.2, 0.25) is 0 Å².